The standard InChI is InChI=1S/C11H12ClF2NO3/c1-11(2,5-16)15-10(17)9-7(13)3-6(18-12)4-8(9)14/h3-4,16H,5H2,1-2H3,(H,15,17). The lowest BCUT2D eigenvalue weighted by molar-refractivity contribution is 0.0860. The van der Waals surface area contributed by atoms with Crippen LogP contribution in [0.25, 0.3) is 0 Å². The second-order valence-electron chi connectivity index (χ2n) is 4.34. The number of amides is 1. The summed E-state index contributed by atoms with van der Waals surface area (Å²) in [4.78, 5) is 11.7. The third-order valence-electron chi connectivity index (χ3n) is 2.18. The maximum Gasteiger partial charge on any atom is 0.257 e. The third kappa shape index (κ3) is 3.30. The topological polar surface area (TPSA) is 58.6 Å². The number of nitrogens with one attached hydrogen (secondary N) is 1. The van der Waals surface area contributed by atoms with Crippen molar-refractivity contribution in [2.24, 2.45) is 0 Å². The Hall–Kier alpha value is -1.40. The highest BCUT2D eigenvalue weighted by molar-refractivity contribution is 6.09. The molecule has 0 fully saturated rings. The fourth-order valence-corrected chi connectivity index (χ4v) is 1.31. The van der Waals surface area contributed by atoms with Crippen molar-refractivity contribution >= 4 is 17.8 Å². The molecule has 0 unspecified atom stereocenters. The Morgan fingerprint density at radius 1 is 1.44 bits per heavy atom. The van der Waals surface area contributed by atoms with E-state index in [4.69, 9.17) is 17.0 Å². The van der Waals surface area contributed by atoms with Crippen molar-refractivity contribution in [2.75, 3.05) is 6.61 Å². The summed E-state index contributed by atoms with van der Waals surface area (Å²) in [6.45, 7) is 2.65. The van der Waals surface area contributed by atoms with Gasteiger partial charge in [0.1, 0.15) is 29.1 Å². The Morgan fingerprint density at radius 2 is 1.94 bits per heavy atom. The summed E-state index contributed by atoms with van der Waals surface area (Å²) in [7, 11) is 0. The van der Waals surface area contributed by atoms with E-state index in [9.17, 15) is 13.6 Å². The summed E-state index contributed by atoms with van der Waals surface area (Å²) in [6, 6.07) is 1.58. The maximum absolute atomic E-state index is 13.5. The van der Waals surface area contributed by atoms with Crippen LogP contribution in [0.3, 0.4) is 0 Å². The molecule has 1 aromatic rings. The summed E-state index contributed by atoms with van der Waals surface area (Å²) in [6.07, 6.45) is 0. The van der Waals surface area contributed by atoms with Gasteiger partial charge in [-0.2, -0.15) is 0 Å². The highest BCUT2D eigenvalue weighted by Crippen LogP contribution is 2.22. The average Bonchev–Trinajstić information content (AvgIpc) is 2.27. The first-order chi connectivity index (χ1) is 8.30. The van der Waals surface area contributed by atoms with Gasteiger partial charge in [0.2, 0.25) is 0 Å². The summed E-state index contributed by atoms with van der Waals surface area (Å²) < 4.78 is 31.2. The fourth-order valence-electron chi connectivity index (χ4n) is 1.22. The Labute approximate surface area is 108 Å². The first kappa shape index (κ1) is 14.7. The largest absolute Gasteiger partial charge is 0.394 e. The van der Waals surface area contributed by atoms with Gasteiger partial charge >= 0.3 is 0 Å². The molecule has 1 amide bonds. The summed E-state index contributed by atoms with van der Waals surface area (Å²) in [5.74, 6) is -3.41. The molecule has 0 aromatic heterocycles. The van der Waals surface area contributed by atoms with Gasteiger partial charge in [-0.25, -0.2) is 8.78 Å². The first-order valence-corrected chi connectivity index (χ1v) is 5.32. The summed E-state index contributed by atoms with van der Waals surface area (Å²) >= 11 is 4.96. The lowest BCUT2D eigenvalue weighted by atomic mass is 10.1. The van der Waals surface area contributed by atoms with E-state index < -0.39 is 28.6 Å². The predicted octanol–water partition coefficient (Wildman–Crippen LogP) is 2.00. The van der Waals surface area contributed by atoms with Crippen molar-refractivity contribution in [3.63, 3.8) is 0 Å². The third-order valence-corrected chi connectivity index (χ3v) is 2.36. The molecule has 1 rings (SSSR count). The quantitative estimate of drug-likeness (QED) is 0.886. The molecule has 100 valence electrons. The number of benzene rings is 1. The van der Waals surface area contributed by atoms with E-state index >= 15 is 0 Å². The van der Waals surface area contributed by atoms with E-state index in [2.05, 4.69) is 9.61 Å². The number of hydrogen-bond acceptors (Lipinski definition) is 3. The lowest BCUT2D eigenvalue weighted by Crippen LogP contribution is -2.46. The Balaban J connectivity index is 3.07. The highest BCUT2D eigenvalue weighted by Gasteiger charge is 2.25. The van der Waals surface area contributed by atoms with Crippen molar-refractivity contribution in [1.29, 1.82) is 0 Å². The van der Waals surface area contributed by atoms with Gasteiger partial charge in [-0.1, -0.05) is 0 Å². The molecule has 0 aliphatic heterocycles. The van der Waals surface area contributed by atoms with Crippen LogP contribution in [0, 0.1) is 11.6 Å². The van der Waals surface area contributed by atoms with Crippen molar-refractivity contribution in [3.8, 4) is 5.75 Å². The minimum absolute atomic E-state index is 0.246. The van der Waals surface area contributed by atoms with Gasteiger partial charge in [-0.3, -0.25) is 4.79 Å². The van der Waals surface area contributed by atoms with Gasteiger partial charge in [0.05, 0.1) is 12.1 Å². The Bertz CT molecular complexity index is 443. The van der Waals surface area contributed by atoms with E-state index in [1.165, 1.54) is 13.8 Å². The van der Waals surface area contributed by atoms with E-state index in [1.807, 2.05) is 0 Å². The molecule has 0 aliphatic carbocycles. The molecule has 0 heterocycles. The monoisotopic (exact) mass is 279 g/mol. The molecule has 0 saturated carbocycles. The molecule has 7 heteroatoms. The van der Waals surface area contributed by atoms with Gasteiger partial charge in [-0.05, 0) is 13.8 Å². The zero-order valence-electron chi connectivity index (χ0n) is 9.76. The smallest absolute Gasteiger partial charge is 0.257 e. The average molecular weight is 280 g/mol. The molecule has 18 heavy (non-hydrogen) atoms. The highest BCUT2D eigenvalue weighted by atomic mass is 35.5. The molecule has 0 aliphatic rings. The summed E-state index contributed by atoms with van der Waals surface area (Å²) in [5.41, 5.74) is -1.74. The minimum atomic E-state index is -1.10. The van der Waals surface area contributed by atoms with Crippen LogP contribution < -0.4 is 9.61 Å². The van der Waals surface area contributed by atoms with Crippen molar-refractivity contribution < 1.29 is 23.0 Å². The normalized spacial score (nSPS) is 11.2. The Morgan fingerprint density at radius 3 is 2.33 bits per heavy atom. The van der Waals surface area contributed by atoms with Gasteiger partial charge < -0.3 is 14.7 Å². The zero-order valence-corrected chi connectivity index (χ0v) is 10.5. The number of halogens is 3. The molecule has 0 bridgehead atoms. The van der Waals surface area contributed by atoms with Gasteiger partial charge in [-0.15, -0.1) is 0 Å². The van der Waals surface area contributed by atoms with Gasteiger partial charge in [0, 0.05) is 12.1 Å². The number of aliphatic hydroxyl groups excluding tert-OH is 1. The number of hydrogen-bond donors (Lipinski definition) is 2. The number of carbonyl (C=O) groups is 1. The SMILES string of the molecule is CC(C)(CO)NC(=O)c1c(F)cc(OCl)cc1F. The number of aliphatic hydroxyl groups is 1. The molecule has 0 radical (unpaired) electrons. The van der Waals surface area contributed by atoms with Gasteiger partial charge in [0.25, 0.3) is 5.91 Å². The van der Waals surface area contributed by atoms with Gasteiger partial charge in [0.15, 0.2) is 5.75 Å². The molecule has 0 atom stereocenters. The minimum Gasteiger partial charge on any atom is -0.394 e. The molecule has 0 spiro atoms. The molecule has 1 aromatic carbocycles. The summed E-state index contributed by atoms with van der Waals surface area (Å²) in [5, 5.41) is 11.3. The van der Waals surface area contributed by atoms with Crippen LogP contribution in [-0.2, 0) is 0 Å². The van der Waals surface area contributed by atoms with E-state index in [0.29, 0.717) is 0 Å². The molecule has 0 saturated heterocycles. The lowest BCUT2D eigenvalue weighted by Gasteiger charge is -2.23. The first-order valence-electron chi connectivity index (χ1n) is 5.01. The van der Waals surface area contributed by atoms with Crippen LogP contribution in [0.2, 0.25) is 0 Å². The number of rotatable bonds is 4. The zero-order chi connectivity index (χ0) is 13.9. The predicted molar refractivity (Wildman–Crippen MR) is 61.5 cm³/mol. The number of carbonyl (C=O) groups excluding carboxylic acids is 1. The van der Waals surface area contributed by atoms with Crippen LogP contribution in [0.4, 0.5) is 8.78 Å². The van der Waals surface area contributed by atoms with Crippen LogP contribution in [0.1, 0.15) is 24.2 Å². The maximum atomic E-state index is 13.5. The van der Waals surface area contributed by atoms with E-state index in [-0.39, 0.29) is 12.4 Å². The second-order valence-corrected chi connectivity index (χ2v) is 4.49. The van der Waals surface area contributed by atoms with Crippen molar-refractivity contribution in [2.45, 2.75) is 19.4 Å². The van der Waals surface area contributed by atoms with Crippen molar-refractivity contribution in [1.82, 2.24) is 5.32 Å². The van der Waals surface area contributed by atoms with Crippen LogP contribution in [-0.4, -0.2) is 23.2 Å². The van der Waals surface area contributed by atoms with Crippen LogP contribution in [0.15, 0.2) is 12.1 Å². The molecular weight excluding hydrogens is 268 g/mol. The fraction of sp³-hybridized carbons (Fsp3) is 0.364. The van der Waals surface area contributed by atoms with Crippen molar-refractivity contribution in [3.05, 3.63) is 29.3 Å². The van der Waals surface area contributed by atoms with E-state index in [0.717, 1.165) is 12.1 Å². The van der Waals surface area contributed by atoms with Crippen LogP contribution in [0.5, 0.6) is 5.75 Å². The molecule has 2 N–H and O–H groups in total. The molecular formula is C11H12ClF2NO3. The van der Waals surface area contributed by atoms with Crippen LogP contribution >= 0.6 is 11.9 Å². The Kier molecular flexibility index (Phi) is 4.48. The van der Waals surface area contributed by atoms with E-state index in [1.54, 1.807) is 0 Å². The molecule has 4 nitrogen and oxygen atoms in total. The second kappa shape index (κ2) is 5.49.